The second-order valence-corrected chi connectivity index (χ2v) is 8.93. The van der Waals surface area contributed by atoms with E-state index in [1.165, 1.54) is 6.07 Å². The third-order valence-corrected chi connectivity index (χ3v) is 6.26. The van der Waals surface area contributed by atoms with Gasteiger partial charge in [-0.2, -0.15) is 0 Å². The SMILES string of the molecule is Cc1cc(=O)c2c(O)c3c(cc2o1)OC(C)(C)[C@H](OC(=O)[C@]1(CCCCO)O[C@@H]1C)C3. The molecule has 1 aromatic carbocycles. The zero-order valence-corrected chi connectivity index (χ0v) is 18.2. The molecule has 0 amide bonds. The average molecular weight is 432 g/mol. The molecule has 2 aliphatic rings. The molecule has 8 nitrogen and oxygen atoms in total. The molecule has 4 rings (SSSR count). The van der Waals surface area contributed by atoms with Gasteiger partial charge in [-0.05, 0) is 47.0 Å². The molecule has 1 aromatic heterocycles. The lowest BCUT2D eigenvalue weighted by Gasteiger charge is -2.39. The molecule has 31 heavy (non-hydrogen) atoms. The van der Waals surface area contributed by atoms with Crippen molar-refractivity contribution in [1.82, 2.24) is 0 Å². The van der Waals surface area contributed by atoms with E-state index in [9.17, 15) is 14.7 Å². The number of ether oxygens (including phenoxy) is 3. The van der Waals surface area contributed by atoms with Gasteiger partial charge in [0, 0.05) is 30.7 Å². The summed E-state index contributed by atoms with van der Waals surface area (Å²) in [5, 5.41) is 19.9. The van der Waals surface area contributed by atoms with Gasteiger partial charge in [0.05, 0.1) is 6.10 Å². The molecule has 2 N–H and O–H groups in total. The van der Waals surface area contributed by atoms with Crippen LogP contribution in [0.25, 0.3) is 11.0 Å². The standard InChI is InChI=1S/C23H28O8/c1-12-9-15(25)19-17(28-12)11-16-14(20(19)26)10-18(22(3,4)31-16)29-21(27)23(13(2)30-23)7-5-6-8-24/h9,11,13,18,24,26H,5-8,10H2,1-4H3/t13-,18-,23-/m1/s1. The number of fused-ring (bicyclic) bond motifs is 2. The van der Waals surface area contributed by atoms with Crippen molar-refractivity contribution in [2.24, 2.45) is 0 Å². The molecule has 0 radical (unpaired) electrons. The number of epoxide rings is 1. The molecule has 0 saturated carbocycles. The van der Waals surface area contributed by atoms with Gasteiger partial charge in [0.1, 0.15) is 39.9 Å². The Balaban J connectivity index is 1.63. The Kier molecular flexibility index (Phi) is 5.26. The van der Waals surface area contributed by atoms with E-state index >= 15 is 0 Å². The first-order chi connectivity index (χ1) is 14.6. The van der Waals surface area contributed by atoms with E-state index in [2.05, 4.69) is 0 Å². The van der Waals surface area contributed by atoms with E-state index in [1.54, 1.807) is 26.8 Å². The summed E-state index contributed by atoms with van der Waals surface area (Å²) in [4.78, 5) is 25.4. The fourth-order valence-electron chi connectivity index (χ4n) is 4.28. The Morgan fingerprint density at radius 1 is 1.29 bits per heavy atom. The van der Waals surface area contributed by atoms with Crippen molar-refractivity contribution in [1.29, 1.82) is 0 Å². The highest BCUT2D eigenvalue weighted by atomic mass is 16.7. The Morgan fingerprint density at radius 3 is 2.65 bits per heavy atom. The average Bonchev–Trinajstić information content (AvgIpc) is 3.33. The van der Waals surface area contributed by atoms with Gasteiger partial charge in [0.25, 0.3) is 0 Å². The van der Waals surface area contributed by atoms with Crippen LogP contribution in [0, 0.1) is 6.92 Å². The van der Waals surface area contributed by atoms with Crippen LogP contribution >= 0.6 is 0 Å². The van der Waals surface area contributed by atoms with Crippen LogP contribution in [-0.2, 0) is 20.7 Å². The van der Waals surface area contributed by atoms with Crippen molar-refractivity contribution in [2.75, 3.05) is 6.61 Å². The highest BCUT2D eigenvalue weighted by Crippen LogP contribution is 2.46. The minimum Gasteiger partial charge on any atom is -0.507 e. The lowest BCUT2D eigenvalue weighted by molar-refractivity contribution is -0.168. The molecule has 0 bridgehead atoms. The molecule has 3 atom stereocenters. The maximum absolute atomic E-state index is 13.0. The summed E-state index contributed by atoms with van der Waals surface area (Å²) in [7, 11) is 0. The van der Waals surface area contributed by atoms with E-state index in [0.29, 0.717) is 36.3 Å². The predicted molar refractivity (Wildman–Crippen MR) is 111 cm³/mol. The molecular weight excluding hydrogens is 404 g/mol. The van der Waals surface area contributed by atoms with E-state index in [4.69, 9.17) is 23.7 Å². The Bertz CT molecular complexity index is 1090. The van der Waals surface area contributed by atoms with Gasteiger partial charge in [0.2, 0.25) is 0 Å². The lowest BCUT2D eigenvalue weighted by atomic mass is 9.89. The van der Waals surface area contributed by atoms with E-state index in [0.717, 1.165) is 0 Å². The Hall–Kier alpha value is -2.58. The molecule has 3 heterocycles. The van der Waals surface area contributed by atoms with Crippen LogP contribution in [0.1, 0.15) is 51.4 Å². The molecule has 168 valence electrons. The van der Waals surface area contributed by atoms with Crippen molar-refractivity contribution >= 4 is 16.9 Å². The summed E-state index contributed by atoms with van der Waals surface area (Å²) in [6, 6.07) is 2.92. The van der Waals surface area contributed by atoms with Gasteiger partial charge in [-0.15, -0.1) is 0 Å². The lowest BCUT2D eigenvalue weighted by Crippen LogP contribution is -2.50. The third kappa shape index (κ3) is 3.68. The van der Waals surface area contributed by atoms with Gasteiger partial charge >= 0.3 is 5.97 Å². The number of carbonyl (C=O) groups is 1. The van der Waals surface area contributed by atoms with Gasteiger partial charge in [0.15, 0.2) is 11.0 Å². The fraction of sp³-hybridized carbons (Fsp3) is 0.565. The summed E-state index contributed by atoms with van der Waals surface area (Å²) < 4.78 is 23.1. The number of aromatic hydroxyl groups is 1. The van der Waals surface area contributed by atoms with Crippen LogP contribution in [0.15, 0.2) is 21.3 Å². The summed E-state index contributed by atoms with van der Waals surface area (Å²) in [6.07, 6.45) is 0.923. The first-order valence-corrected chi connectivity index (χ1v) is 10.6. The maximum Gasteiger partial charge on any atom is 0.341 e. The summed E-state index contributed by atoms with van der Waals surface area (Å²) in [6.45, 7) is 7.14. The molecule has 1 fully saturated rings. The van der Waals surface area contributed by atoms with Crippen molar-refractivity contribution in [2.45, 2.75) is 76.8 Å². The predicted octanol–water partition coefficient (Wildman–Crippen LogP) is 2.75. The molecule has 0 unspecified atom stereocenters. The molecule has 0 spiro atoms. The van der Waals surface area contributed by atoms with Crippen LogP contribution in [0.4, 0.5) is 0 Å². The third-order valence-electron chi connectivity index (χ3n) is 6.26. The normalized spacial score (nSPS) is 26.2. The van der Waals surface area contributed by atoms with E-state index in [-0.39, 0.29) is 41.3 Å². The number of esters is 1. The number of aliphatic hydroxyl groups excluding tert-OH is 1. The van der Waals surface area contributed by atoms with Gasteiger partial charge in [-0.1, -0.05) is 0 Å². The largest absolute Gasteiger partial charge is 0.507 e. The van der Waals surface area contributed by atoms with Gasteiger partial charge < -0.3 is 28.8 Å². The van der Waals surface area contributed by atoms with Gasteiger partial charge in [-0.3, -0.25) is 4.79 Å². The summed E-state index contributed by atoms with van der Waals surface area (Å²) >= 11 is 0. The number of phenolic OH excluding ortho intramolecular Hbond substituents is 1. The van der Waals surface area contributed by atoms with Crippen molar-refractivity contribution in [3.8, 4) is 11.5 Å². The highest BCUT2D eigenvalue weighted by Gasteiger charge is 2.61. The topological polar surface area (TPSA) is 119 Å². The smallest absolute Gasteiger partial charge is 0.341 e. The van der Waals surface area contributed by atoms with Crippen LogP contribution < -0.4 is 10.2 Å². The zero-order valence-electron chi connectivity index (χ0n) is 18.2. The van der Waals surface area contributed by atoms with Crippen molar-refractivity contribution < 1.29 is 33.6 Å². The maximum atomic E-state index is 13.0. The van der Waals surface area contributed by atoms with Crippen molar-refractivity contribution in [3.63, 3.8) is 0 Å². The quantitative estimate of drug-likeness (QED) is 0.406. The Labute approximate surface area is 179 Å². The molecule has 0 aliphatic carbocycles. The molecule has 1 saturated heterocycles. The van der Waals surface area contributed by atoms with Crippen LogP contribution in [0.5, 0.6) is 11.5 Å². The number of carbonyl (C=O) groups excluding carboxylic acids is 1. The second-order valence-electron chi connectivity index (χ2n) is 8.93. The van der Waals surface area contributed by atoms with Crippen molar-refractivity contribution in [3.05, 3.63) is 33.7 Å². The molecular formula is C23H28O8. The van der Waals surface area contributed by atoms with E-state index in [1.807, 2.05) is 6.92 Å². The molecule has 2 aliphatic heterocycles. The van der Waals surface area contributed by atoms with E-state index < -0.39 is 23.3 Å². The number of hydrogen-bond acceptors (Lipinski definition) is 8. The summed E-state index contributed by atoms with van der Waals surface area (Å²) in [5.41, 5.74) is -1.58. The highest BCUT2D eigenvalue weighted by molar-refractivity contribution is 5.87. The Morgan fingerprint density at radius 2 is 2.00 bits per heavy atom. The number of phenols is 1. The fourth-order valence-corrected chi connectivity index (χ4v) is 4.28. The van der Waals surface area contributed by atoms with Crippen LogP contribution in [0.3, 0.4) is 0 Å². The monoisotopic (exact) mass is 432 g/mol. The number of aliphatic hydroxyl groups is 1. The minimum atomic E-state index is -1.00. The number of hydrogen-bond donors (Lipinski definition) is 2. The molecule has 2 aromatic rings. The molecule has 8 heteroatoms. The first-order valence-electron chi connectivity index (χ1n) is 10.6. The second kappa shape index (κ2) is 7.53. The number of aryl methyl sites for hydroxylation is 1. The number of benzene rings is 1. The van der Waals surface area contributed by atoms with Crippen LogP contribution in [0.2, 0.25) is 0 Å². The summed E-state index contributed by atoms with van der Waals surface area (Å²) in [5.74, 6) is 0.138. The van der Waals surface area contributed by atoms with Gasteiger partial charge in [-0.25, -0.2) is 4.79 Å². The number of unbranched alkanes of at least 4 members (excludes halogenated alkanes) is 1. The minimum absolute atomic E-state index is 0.0561. The van der Waals surface area contributed by atoms with Crippen LogP contribution in [-0.4, -0.2) is 46.2 Å². The first kappa shape index (κ1) is 21.6. The number of rotatable bonds is 6. The zero-order chi connectivity index (χ0) is 22.6.